The van der Waals surface area contributed by atoms with Crippen molar-refractivity contribution in [2.45, 2.75) is 0 Å². The fourth-order valence-corrected chi connectivity index (χ4v) is 0. The summed E-state index contributed by atoms with van der Waals surface area (Å²) in [7, 11) is 0. The molecule has 0 amide bonds. The Balaban J connectivity index is -0.00000000133. The number of hydrogen-bond donors (Lipinski definition) is 0. The first-order chi connectivity index (χ1) is 1.41. The molecular weight excluding hydrogens is 136 g/mol. The molecule has 0 spiro atoms. The predicted octanol–water partition coefficient (Wildman–Crippen LogP) is 0.999. The molecule has 0 aliphatic carbocycles. The minimum Gasteiger partial charge on any atom is -1.00 e. The summed E-state index contributed by atoms with van der Waals surface area (Å²) in [5.41, 5.74) is 0. The molecule has 0 rings (SSSR count). The third kappa shape index (κ3) is 23.4. The molecule has 0 aliphatic rings. The van der Waals surface area contributed by atoms with Crippen molar-refractivity contribution in [2.24, 2.45) is 0 Å². The van der Waals surface area contributed by atoms with E-state index in [9.17, 15) is 0 Å². The molecule has 0 bridgehead atoms. The van der Waals surface area contributed by atoms with Crippen LogP contribution in [0.15, 0.2) is 0 Å². The van der Waals surface area contributed by atoms with Crippen LogP contribution in [-0.4, -0.2) is 46.1 Å². The Morgan fingerprint density at radius 3 is 1.20 bits per heavy atom. The fraction of sp³-hybridized carbons (Fsp3) is 0. The van der Waals surface area contributed by atoms with E-state index < -0.39 is 0 Å². The van der Waals surface area contributed by atoms with Gasteiger partial charge >= 0.3 is 46.1 Å². The van der Waals surface area contributed by atoms with Crippen molar-refractivity contribution < 1.29 is 9.55 Å². The van der Waals surface area contributed by atoms with Crippen LogP contribution in [0.25, 0.3) is 0 Å². The van der Waals surface area contributed by atoms with Gasteiger partial charge in [0.1, 0.15) is 0 Å². The molecule has 0 fully saturated rings. The first-order valence-electron chi connectivity index (χ1n) is 0.309. The standard InChI is InChI=1S/Cl2O.2Mg.4H/c1-3-2;;;;;;/q;2*+2;4*-1. The van der Waals surface area contributed by atoms with E-state index in [1.54, 1.807) is 0 Å². The Labute approximate surface area is 78.9 Å². The maximum atomic E-state index is 4.26. The molecular formula is H4Cl2Mg2O. The van der Waals surface area contributed by atoms with Crippen molar-refractivity contribution in [3.63, 3.8) is 0 Å². The van der Waals surface area contributed by atoms with Crippen LogP contribution in [0, 0.1) is 0 Å². The maximum absolute atomic E-state index is 4.26. The molecule has 0 aliphatic heterocycles. The van der Waals surface area contributed by atoms with Gasteiger partial charge < -0.3 is 5.71 Å². The Hall–Kier alpha value is 2.07. The zero-order valence-corrected chi connectivity index (χ0v) is 6.92. The summed E-state index contributed by atoms with van der Waals surface area (Å²) in [6.45, 7) is 0. The third-order valence-electron chi connectivity index (χ3n) is 0. The van der Waals surface area contributed by atoms with Gasteiger partial charge in [-0.05, 0) is 0 Å². The van der Waals surface area contributed by atoms with Gasteiger partial charge in [0.05, 0.1) is 23.7 Å². The second-order valence-electron chi connectivity index (χ2n) is 0.0583. The van der Waals surface area contributed by atoms with Gasteiger partial charge in [0, 0.05) is 0 Å². The first kappa shape index (κ1) is 15.7. The molecule has 0 aromatic heterocycles. The molecule has 0 radical (unpaired) electrons. The normalized spacial score (nSPS) is 3.60. The fourth-order valence-electron chi connectivity index (χ4n) is 0. The Kier molecular flexibility index (Phi) is 52.1. The molecule has 28 valence electrons. The molecule has 5 heavy (non-hydrogen) atoms. The zero-order valence-electron chi connectivity index (χ0n) is 6.58. The largest absolute Gasteiger partial charge is 2.00 e. The third-order valence-corrected chi connectivity index (χ3v) is 0. The van der Waals surface area contributed by atoms with Crippen LogP contribution in [0.5, 0.6) is 0 Å². The van der Waals surface area contributed by atoms with Gasteiger partial charge in [-0.25, -0.2) is 0 Å². The van der Waals surface area contributed by atoms with Crippen LogP contribution in [0.3, 0.4) is 0 Å². The van der Waals surface area contributed by atoms with Crippen molar-refractivity contribution in [3.8, 4) is 0 Å². The maximum Gasteiger partial charge on any atom is 2.00 e. The summed E-state index contributed by atoms with van der Waals surface area (Å²) in [5, 5.41) is 0. The van der Waals surface area contributed by atoms with Gasteiger partial charge in [0.25, 0.3) is 0 Å². The van der Waals surface area contributed by atoms with E-state index in [1.807, 2.05) is 0 Å². The average Bonchev–Trinajstić information content (AvgIpc) is 0.918. The van der Waals surface area contributed by atoms with Gasteiger partial charge in [0.15, 0.2) is 0 Å². The van der Waals surface area contributed by atoms with E-state index >= 15 is 0 Å². The van der Waals surface area contributed by atoms with Gasteiger partial charge in [-0.2, -0.15) is 3.84 Å². The summed E-state index contributed by atoms with van der Waals surface area (Å²) in [5.74, 6) is 0. The van der Waals surface area contributed by atoms with Crippen LogP contribution in [0.4, 0.5) is 0 Å². The van der Waals surface area contributed by atoms with Crippen molar-refractivity contribution in [1.82, 2.24) is 0 Å². The monoisotopic (exact) mass is 138 g/mol. The minimum atomic E-state index is 0. The molecule has 0 heterocycles. The number of halogens is 2. The van der Waals surface area contributed by atoms with E-state index in [-0.39, 0.29) is 51.8 Å². The van der Waals surface area contributed by atoms with Crippen LogP contribution < -0.4 is 0 Å². The van der Waals surface area contributed by atoms with E-state index in [0.29, 0.717) is 0 Å². The van der Waals surface area contributed by atoms with E-state index in [1.165, 1.54) is 0 Å². The quantitative estimate of drug-likeness (QED) is 0.455. The van der Waals surface area contributed by atoms with Crippen LogP contribution in [0.2, 0.25) is 0 Å². The molecule has 0 aromatic rings. The second kappa shape index (κ2) is 16.6. The van der Waals surface area contributed by atoms with Gasteiger partial charge in [-0.3, -0.25) is 0 Å². The summed E-state index contributed by atoms with van der Waals surface area (Å²) in [6.07, 6.45) is 0. The summed E-state index contributed by atoms with van der Waals surface area (Å²) in [4.78, 5) is 0. The van der Waals surface area contributed by atoms with Crippen molar-refractivity contribution >= 4 is 69.8 Å². The topological polar surface area (TPSA) is 9.23 Å². The number of rotatable bonds is 0. The summed E-state index contributed by atoms with van der Waals surface area (Å²) in [6, 6.07) is 0. The average molecular weight is 140 g/mol. The summed E-state index contributed by atoms with van der Waals surface area (Å²) >= 11 is 8.53. The number of hydrogen-bond acceptors (Lipinski definition) is 1. The van der Waals surface area contributed by atoms with Crippen molar-refractivity contribution in [3.05, 3.63) is 0 Å². The molecule has 1 nitrogen and oxygen atoms in total. The van der Waals surface area contributed by atoms with Gasteiger partial charge in [0.2, 0.25) is 0 Å². The first-order valence-corrected chi connectivity index (χ1v) is 0.926. The Bertz CT molecular complexity index is 16.5. The van der Waals surface area contributed by atoms with E-state index in [0.717, 1.165) is 0 Å². The molecule has 0 saturated carbocycles. The van der Waals surface area contributed by atoms with E-state index in [2.05, 4.69) is 27.6 Å². The van der Waals surface area contributed by atoms with Gasteiger partial charge in [-0.1, -0.05) is 0 Å². The molecule has 0 unspecified atom stereocenters. The summed E-state index contributed by atoms with van der Waals surface area (Å²) < 4.78 is 3.19. The smallest absolute Gasteiger partial charge is 1.00 e. The van der Waals surface area contributed by atoms with Gasteiger partial charge in [-0.15, -0.1) is 0 Å². The Morgan fingerprint density at radius 2 is 1.20 bits per heavy atom. The van der Waals surface area contributed by atoms with Crippen molar-refractivity contribution in [1.29, 1.82) is 0 Å². The molecule has 0 atom stereocenters. The predicted molar refractivity (Wildman–Crippen MR) is 28.7 cm³/mol. The Morgan fingerprint density at radius 1 is 1.20 bits per heavy atom. The van der Waals surface area contributed by atoms with E-state index in [4.69, 9.17) is 0 Å². The second-order valence-corrected chi connectivity index (χ2v) is 0.525. The minimum absolute atomic E-state index is 0. The van der Waals surface area contributed by atoms with Crippen molar-refractivity contribution in [2.75, 3.05) is 0 Å². The zero-order chi connectivity index (χ0) is 2.71. The molecule has 0 N–H and O–H groups in total. The molecule has 0 aromatic carbocycles. The van der Waals surface area contributed by atoms with Crippen LogP contribution in [-0.2, 0) is 3.84 Å². The van der Waals surface area contributed by atoms with Crippen LogP contribution in [0.1, 0.15) is 5.71 Å². The van der Waals surface area contributed by atoms with Crippen LogP contribution >= 0.6 is 23.7 Å². The SMILES string of the molecule is ClOCl.[H-].[H-].[H-].[H-].[Mg+2].[Mg+2]. The molecule has 0 saturated heterocycles. The molecule has 5 heteroatoms.